The van der Waals surface area contributed by atoms with Gasteiger partial charge in [0.1, 0.15) is 10.6 Å². The summed E-state index contributed by atoms with van der Waals surface area (Å²) in [7, 11) is -4.60. The number of nitrogens with zero attached hydrogens (tertiary/aromatic N) is 1. The van der Waals surface area contributed by atoms with Crippen molar-refractivity contribution < 1.29 is 58.2 Å². The van der Waals surface area contributed by atoms with Crippen LogP contribution in [0.1, 0.15) is 56.6 Å². The molecule has 2 aromatic rings. The van der Waals surface area contributed by atoms with Crippen molar-refractivity contribution in [3.8, 4) is 0 Å². The minimum Gasteiger partial charge on any atom is -0.481 e. The molecule has 1 saturated heterocycles. The lowest BCUT2D eigenvalue weighted by Gasteiger charge is -2.40. The highest BCUT2D eigenvalue weighted by Crippen LogP contribution is 2.54. The highest BCUT2D eigenvalue weighted by atomic mass is 32.2. The monoisotopic (exact) mass is 655 g/mol. The number of aliphatic carboxylic acids is 1. The van der Waals surface area contributed by atoms with Crippen LogP contribution in [-0.2, 0) is 29.8 Å². The molecule has 1 aliphatic heterocycles. The molecule has 1 N–H and O–H groups in total. The molecule has 0 aromatic heterocycles. The number of likely N-dealkylation sites (tertiary alicyclic amines) is 1. The zero-order chi connectivity index (χ0) is 32.9. The Balaban J connectivity index is 1.79. The van der Waals surface area contributed by atoms with E-state index in [0.717, 1.165) is 24.3 Å². The summed E-state index contributed by atoms with van der Waals surface area (Å²) in [4.78, 5) is 26.2. The van der Waals surface area contributed by atoms with E-state index in [9.17, 15) is 58.2 Å². The number of carbonyl (C=O) groups is 2. The van der Waals surface area contributed by atoms with Gasteiger partial charge in [-0.3, -0.25) is 9.59 Å². The maximum Gasteiger partial charge on any atom is 0.435 e. The minimum absolute atomic E-state index is 0.163. The quantitative estimate of drug-likeness (QED) is 0.265. The van der Waals surface area contributed by atoms with E-state index in [1.54, 1.807) is 6.92 Å². The molecule has 1 atom stereocenters. The van der Waals surface area contributed by atoms with Crippen LogP contribution in [-0.4, -0.2) is 55.7 Å². The normalized spacial score (nSPS) is 25.2. The van der Waals surface area contributed by atoms with Crippen molar-refractivity contribution in [1.82, 2.24) is 4.90 Å². The molecular formula is C29H29F8NO5S. The number of carboxylic acids is 1. The number of rotatable bonds is 7. The molecule has 0 spiro atoms. The van der Waals surface area contributed by atoms with E-state index in [-0.39, 0.29) is 56.3 Å². The Morgan fingerprint density at radius 2 is 1.41 bits per heavy atom. The molecule has 1 aliphatic carbocycles. The summed E-state index contributed by atoms with van der Waals surface area (Å²) in [6.07, 6.45) is -11.9. The number of alkyl halides is 7. The molecule has 2 aliphatic rings. The average Bonchev–Trinajstić information content (AvgIpc) is 3.43. The van der Waals surface area contributed by atoms with Crippen molar-refractivity contribution in [2.75, 3.05) is 13.1 Å². The van der Waals surface area contributed by atoms with Crippen LogP contribution in [0.5, 0.6) is 0 Å². The Labute approximate surface area is 248 Å². The fraction of sp³-hybridized carbons (Fsp3) is 0.517. The minimum atomic E-state index is -6.38. The molecule has 4 rings (SSSR count). The average molecular weight is 656 g/mol. The Morgan fingerprint density at radius 1 is 0.886 bits per heavy atom. The van der Waals surface area contributed by atoms with Gasteiger partial charge in [0.15, 0.2) is 9.84 Å². The zero-order valence-corrected chi connectivity index (χ0v) is 24.1. The molecular weight excluding hydrogens is 626 g/mol. The van der Waals surface area contributed by atoms with Crippen LogP contribution in [0, 0.1) is 17.2 Å². The standard InChI is InChI=1S/C29H29F8NO5S/c1-2-25(13-11-18(12-14-25)23(39)40)24(41)38-16-15-26(17-38,44(42,43)22-9-7-21(30)8-10-22)19-3-5-20(6-4-19)27(31,28(32,33)34)29(35,36)37/h3-10,18H,2,11-17H2,1H3,(H,39,40). The van der Waals surface area contributed by atoms with E-state index in [2.05, 4.69) is 0 Å². The molecule has 0 bridgehead atoms. The second-order valence-corrected chi connectivity index (χ2v) is 13.7. The first-order valence-corrected chi connectivity index (χ1v) is 15.2. The lowest BCUT2D eigenvalue weighted by molar-refractivity contribution is -0.348. The van der Waals surface area contributed by atoms with Crippen LogP contribution in [0.2, 0.25) is 0 Å². The molecule has 1 unspecified atom stereocenters. The van der Waals surface area contributed by atoms with Gasteiger partial charge in [-0.15, -0.1) is 0 Å². The van der Waals surface area contributed by atoms with Gasteiger partial charge in [-0.2, -0.15) is 26.3 Å². The summed E-state index contributed by atoms with van der Waals surface area (Å²) in [5.41, 5.74) is -8.82. The predicted octanol–water partition coefficient (Wildman–Crippen LogP) is 6.69. The first-order valence-electron chi connectivity index (χ1n) is 13.7. The number of amides is 1. The largest absolute Gasteiger partial charge is 0.481 e. The third kappa shape index (κ3) is 5.34. The van der Waals surface area contributed by atoms with E-state index in [1.165, 1.54) is 4.90 Å². The molecule has 44 heavy (non-hydrogen) atoms. The van der Waals surface area contributed by atoms with E-state index >= 15 is 0 Å². The third-order valence-electron chi connectivity index (χ3n) is 9.17. The SMILES string of the molecule is CCC1(C(=O)N2CCC(c3ccc(C(F)(C(F)(F)F)C(F)(F)F)cc3)(S(=O)(=O)c3ccc(F)cc3)C2)CCC(C(=O)O)CC1. The van der Waals surface area contributed by atoms with Crippen LogP contribution in [0.4, 0.5) is 35.1 Å². The second kappa shape index (κ2) is 11.3. The van der Waals surface area contributed by atoms with Gasteiger partial charge in [0, 0.05) is 24.1 Å². The molecule has 1 amide bonds. The summed E-state index contributed by atoms with van der Waals surface area (Å²) >= 11 is 0. The maximum absolute atomic E-state index is 14.7. The Morgan fingerprint density at radius 3 is 1.86 bits per heavy atom. The molecule has 15 heteroatoms. The van der Waals surface area contributed by atoms with Gasteiger partial charge < -0.3 is 10.0 Å². The van der Waals surface area contributed by atoms with Gasteiger partial charge in [-0.25, -0.2) is 17.2 Å². The van der Waals surface area contributed by atoms with Gasteiger partial charge in [0.25, 0.3) is 0 Å². The number of hydrogen-bond donors (Lipinski definition) is 1. The number of carboxylic acid groups (broad SMARTS) is 1. The van der Waals surface area contributed by atoms with E-state index in [1.807, 2.05) is 0 Å². The highest BCUT2D eigenvalue weighted by Gasteiger charge is 2.73. The Kier molecular flexibility index (Phi) is 8.64. The summed E-state index contributed by atoms with van der Waals surface area (Å²) < 4.78 is 135. The summed E-state index contributed by atoms with van der Waals surface area (Å²) in [6, 6.07) is 5.41. The lowest BCUT2D eigenvalue weighted by atomic mass is 9.68. The van der Waals surface area contributed by atoms with Crippen LogP contribution >= 0.6 is 0 Å². The maximum atomic E-state index is 14.7. The van der Waals surface area contributed by atoms with Crippen molar-refractivity contribution in [3.63, 3.8) is 0 Å². The number of sulfone groups is 1. The first kappa shape index (κ1) is 33.7. The van der Waals surface area contributed by atoms with Gasteiger partial charge in [0.2, 0.25) is 5.91 Å². The van der Waals surface area contributed by atoms with Gasteiger partial charge in [0.05, 0.1) is 10.8 Å². The van der Waals surface area contributed by atoms with Crippen LogP contribution < -0.4 is 0 Å². The van der Waals surface area contributed by atoms with Crippen molar-refractivity contribution in [3.05, 3.63) is 65.5 Å². The fourth-order valence-electron chi connectivity index (χ4n) is 6.37. The van der Waals surface area contributed by atoms with Crippen LogP contribution in [0.25, 0.3) is 0 Å². The smallest absolute Gasteiger partial charge is 0.435 e. The molecule has 2 aromatic carbocycles. The highest BCUT2D eigenvalue weighted by molar-refractivity contribution is 7.92. The molecule has 2 fully saturated rings. The number of halogens is 8. The van der Waals surface area contributed by atoms with Crippen molar-refractivity contribution >= 4 is 21.7 Å². The Bertz CT molecular complexity index is 1480. The van der Waals surface area contributed by atoms with Gasteiger partial charge in [-0.1, -0.05) is 31.2 Å². The lowest BCUT2D eigenvalue weighted by Crippen LogP contribution is -2.50. The summed E-state index contributed by atoms with van der Waals surface area (Å²) in [6.45, 7) is 1.03. The van der Waals surface area contributed by atoms with Crippen LogP contribution in [0.15, 0.2) is 53.4 Å². The van der Waals surface area contributed by atoms with E-state index < -0.39 is 78.6 Å². The number of hydrogen-bond acceptors (Lipinski definition) is 4. The summed E-state index contributed by atoms with van der Waals surface area (Å²) in [5.74, 6) is -2.86. The fourth-order valence-corrected chi connectivity index (χ4v) is 8.45. The molecule has 1 saturated carbocycles. The predicted molar refractivity (Wildman–Crippen MR) is 140 cm³/mol. The van der Waals surface area contributed by atoms with Gasteiger partial charge in [-0.05, 0) is 68.4 Å². The summed E-state index contributed by atoms with van der Waals surface area (Å²) in [5, 5.41) is 9.37. The Hall–Kier alpha value is -3.23. The number of carbonyl (C=O) groups excluding carboxylic acids is 1. The third-order valence-corrected chi connectivity index (χ3v) is 11.7. The molecule has 242 valence electrons. The van der Waals surface area contributed by atoms with Crippen molar-refractivity contribution in [2.45, 2.75) is 73.1 Å². The molecule has 1 heterocycles. The van der Waals surface area contributed by atoms with Crippen molar-refractivity contribution in [1.29, 1.82) is 0 Å². The van der Waals surface area contributed by atoms with E-state index in [4.69, 9.17) is 0 Å². The van der Waals surface area contributed by atoms with Gasteiger partial charge >= 0.3 is 24.0 Å². The molecule has 0 radical (unpaired) electrons. The first-order chi connectivity index (χ1) is 20.3. The topological polar surface area (TPSA) is 91.8 Å². The molecule has 6 nitrogen and oxygen atoms in total. The zero-order valence-electron chi connectivity index (χ0n) is 23.3. The van der Waals surface area contributed by atoms with Crippen molar-refractivity contribution in [2.24, 2.45) is 11.3 Å². The van der Waals surface area contributed by atoms with E-state index in [0.29, 0.717) is 18.6 Å². The van der Waals surface area contributed by atoms with Crippen LogP contribution in [0.3, 0.4) is 0 Å². The second-order valence-electron chi connectivity index (χ2n) is 11.4. The number of benzene rings is 2.